The number of hydrogen-bond acceptors (Lipinski definition) is 6. The molecule has 0 saturated heterocycles. The molecule has 9 nitrogen and oxygen atoms in total. The Hall–Kier alpha value is -3.62. The van der Waals surface area contributed by atoms with E-state index in [0.29, 0.717) is 29.5 Å². The number of benzene rings is 2. The van der Waals surface area contributed by atoms with E-state index in [9.17, 15) is 9.59 Å². The first-order valence-corrected chi connectivity index (χ1v) is 13.5. The van der Waals surface area contributed by atoms with Gasteiger partial charge in [-0.15, -0.1) is 5.10 Å². The molecule has 4 rings (SSSR count). The van der Waals surface area contributed by atoms with Gasteiger partial charge in [0.15, 0.2) is 11.5 Å². The van der Waals surface area contributed by atoms with Gasteiger partial charge < -0.3 is 19.7 Å². The van der Waals surface area contributed by atoms with Gasteiger partial charge in [-0.2, -0.15) is 0 Å². The number of rotatable bonds is 11. The Kier molecular flexibility index (Phi) is 9.20. The predicted molar refractivity (Wildman–Crippen MR) is 146 cm³/mol. The first-order valence-electron chi connectivity index (χ1n) is 13.5. The average Bonchev–Trinajstić information content (AvgIpc) is 3.34. The number of para-hydroxylation sites is 1. The molecule has 1 aliphatic rings. The minimum atomic E-state index is -0.813. The number of fused-ring (bicyclic) bond motifs is 1. The number of hydrogen-bond donors (Lipinski definition) is 1. The van der Waals surface area contributed by atoms with Crippen molar-refractivity contribution >= 4 is 22.8 Å². The standard InChI is InChI=1S/C29H39N5O4/c1-20(2)16-17-30-29(36)28(21-14-15-25(37-3)26(18-21)38-4)34(22-10-6-5-7-11-22)27(35)19-33-24-13-9-8-12-23(24)31-32-33/h8-9,12-15,18,20,22,28H,5-7,10-11,16-17,19H2,1-4H3,(H,30,36). The number of nitrogens with zero attached hydrogens (tertiary/aromatic N) is 4. The third-order valence-corrected chi connectivity index (χ3v) is 7.23. The molecule has 1 atom stereocenters. The molecule has 9 heteroatoms. The molecule has 1 aliphatic carbocycles. The van der Waals surface area contributed by atoms with E-state index in [2.05, 4.69) is 29.5 Å². The van der Waals surface area contributed by atoms with E-state index in [1.54, 1.807) is 35.9 Å². The molecule has 1 unspecified atom stereocenters. The summed E-state index contributed by atoms with van der Waals surface area (Å²) in [5, 5.41) is 11.6. The van der Waals surface area contributed by atoms with Crippen LogP contribution in [-0.2, 0) is 16.1 Å². The van der Waals surface area contributed by atoms with E-state index in [1.807, 2.05) is 30.3 Å². The lowest BCUT2D eigenvalue weighted by molar-refractivity contribution is -0.145. The molecule has 2 amide bonds. The van der Waals surface area contributed by atoms with E-state index in [0.717, 1.165) is 49.6 Å². The number of carbonyl (C=O) groups excluding carboxylic acids is 2. The molecule has 38 heavy (non-hydrogen) atoms. The van der Waals surface area contributed by atoms with Crippen LogP contribution in [0.4, 0.5) is 0 Å². The molecule has 1 heterocycles. The topological polar surface area (TPSA) is 98.6 Å². The number of amides is 2. The van der Waals surface area contributed by atoms with Crippen LogP contribution < -0.4 is 14.8 Å². The lowest BCUT2D eigenvalue weighted by atomic mass is 9.91. The minimum absolute atomic E-state index is 0.0000764. The lowest BCUT2D eigenvalue weighted by Gasteiger charge is -2.39. The molecule has 0 aliphatic heterocycles. The number of ether oxygens (including phenoxy) is 2. The third kappa shape index (κ3) is 6.26. The van der Waals surface area contributed by atoms with Crippen molar-refractivity contribution in [2.24, 2.45) is 5.92 Å². The Morgan fingerprint density at radius 1 is 1.05 bits per heavy atom. The summed E-state index contributed by atoms with van der Waals surface area (Å²) in [6, 6.07) is 12.1. The van der Waals surface area contributed by atoms with Crippen LogP contribution in [0.15, 0.2) is 42.5 Å². The van der Waals surface area contributed by atoms with Gasteiger partial charge in [-0.3, -0.25) is 9.59 Å². The molecule has 1 N–H and O–H groups in total. The van der Waals surface area contributed by atoms with E-state index in [4.69, 9.17) is 9.47 Å². The highest BCUT2D eigenvalue weighted by atomic mass is 16.5. The van der Waals surface area contributed by atoms with Gasteiger partial charge in [0, 0.05) is 12.6 Å². The SMILES string of the molecule is COc1ccc(C(C(=O)NCCC(C)C)N(C(=O)Cn2nnc3ccccc32)C2CCCCC2)cc1OC. The van der Waals surface area contributed by atoms with Crippen molar-refractivity contribution < 1.29 is 19.1 Å². The molecule has 3 aromatic rings. The smallest absolute Gasteiger partial charge is 0.247 e. The fraction of sp³-hybridized carbons (Fsp3) is 0.517. The summed E-state index contributed by atoms with van der Waals surface area (Å²) >= 11 is 0. The van der Waals surface area contributed by atoms with E-state index < -0.39 is 6.04 Å². The molecule has 0 radical (unpaired) electrons. The molecule has 204 valence electrons. The summed E-state index contributed by atoms with van der Waals surface area (Å²) in [6.45, 7) is 4.79. The van der Waals surface area contributed by atoms with Gasteiger partial charge in [-0.25, -0.2) is 4.68 Å². The Labute approximate surface area is 224 Å². The fourth-order valence-electron chi connectivity index (χ4n) is 5.20. The monoisotopic (exact) mass is 521 g/mol. The van der Waals surface area contributed by atoms with E-state index in [1.165, 1.54) is 0 Å². The molecule has 0 spiro atoms. The second kappa shape index (κ2) is 12.8. The Bertz CT molecular complexity index is 1230. The van der Waals surface area contributed by atoms with Gasteiger partial charge in [0.1, 0.15) is 18.1 Å². The molecular weight excluding hydrogens is 482 g/mol. The normalized spacial score (nSPS) is 14.9. The van der Waals surface area contributed by atoms with Crippen molar-refractivity contribution in [2.75, 3.05) is 20.8 Å². The quantitative estimate of drug-likeness (QED) is 0.399. The van der Waals surface area contributed by atoms with Crippen LogP contribution in [0.3, 0.4) is 0 Å². The van der Waals surface area contributed by atoms with Crippen LogP contribution >= 0.6 is 0 Å². The fourth-order valence-corrected chi connectivity index (χ4v) is 5.20. The van der Waals surface area contributed by atoms with Gasteiger partial charge in [-0.05, 0) is 55.0 Å². The second-order valence-electron chi connectivity index (χ2n) is 10.3. The van der Waals surface area contributed by atoms with Crippen molar-refractivity contribution in [3.8, 4) is 11.5 Å². The van der Waals surface area contributed by atoms with Crippen LogP contribution in [0.2, 0.25) is 0 Å². The average molecular weight is 522 g/mol. The van der Waals surface area contributed by atoms with Crippen LogP contribution in [-0.4, -0.2) is 58.5 Å². The summed E-state index contributed by atoms with van der Waals surface area (Å²) in [6.07, 6.45) is 5.74. The van der Waals surface area contributed by atoms with Crippen LogP contribution in [0.1, 0.15) is 64.0 Å². The summed E-state index contributed by atoms with van der Waals surface area (Å²) in [5.74, 6) is 1.18. The van der Waals surface area contributed by atoms with Crippen LogP contribution in [0.25, 0.3) is 11.0 Å². The summed E-state index contributed by atoms with van der Waals surface area (Å²) in [4.78, 5) is 29.8. The van der Waals surface area contributed by atoms with Crippen molar-refractivity contribution in [3.63, 3.8) is 0 Å². The first-order chi connectivity index (χ1) is 18.4. The summed E-state index contributed by atoms with van der Waals surface area (Å²) in [5.41, 5.74) is 2.20. The van der Waals surface area contributed by atoms with Gasteiger partial charge in [0.05, 0.1) is 19.7 Å². The van der Waals surface area contributed by atoms with Gasteiger partial charge in [0.2, 0.25) is 11.8 Å². The molecule has 1 aromatic heterocycles. The second-order valence-corrected chi connectivity index (χ2v) is 10.3. The largest absolute Gasteiger partial charge is 0.493 e. The first kappa shape index (κ1) is 27.4. The van der Waals surface area contributed by atoms with Crippen molar-refractivity contribution in [2.45, 2.75) is 71.0 Å². The molecule has 1 saturated carbocycles. The molecule has 1 fully saturated rings. The van der Waals surface area contributed by atoms with Crippen molar-refractivity contribution in [1.29, 1.82) is 0 Å². The molecule has 2 aromatic carbocycles. The third-order valence-electron chi connectivity index (χ3n) is 7.23. The Morgan fingerprint density at radius 2 is 1.79 bits per heavy atom. The number of aromatic nitrogens is 3. The highest BCUT2D eigenvalue weighted by molar-refractivity contribution is 5.89. The number of methoxy groups -OCH3 is 2. The Balaban J connectivity index is 1.74. The van der Waals surface area contributed by atoms with Gasteiger partial charge in [0.25, 0.3) is 0 Å². The maximum absolute atomic E-state index is 14.1. The summed E-state index contributed by atoms with van der Waals surface area (Å²) in [7, 11) is 3.15. The number of nitrogens with one attached hydrogen (secondary N) is 1. The number of carbonyl (C=O) groups is 2. The maximum Gasteiger partial charge on any atom is 0.247 e. The highest BCUT2D eigenvalue weighted by Crippen LogP contribution is 2.36. The predicted octanol–water partition coefficient (Wildman–Crippen LogP) is 4.51. The Morgan fingerprint density at radius 3 is 2.50 bits per heavy atom. The van der Waals surface area contributed by atoms with E-state index >= 15 is 0 Å². The van der Waals surface area contributed by atoms with Gasteiger partial charge >= 0.3 is 0 Å². The zero-order valence-electron chi connectivity index (χ0n) is 22.9. The van der Waals surface area contributed by atoms with Crippen molar-refractivity contribution in [1.82, 2.24) is 25.2 Å². The highest BCUT2D eigenvalue weighted by Gasteiger charge is 2.37. The molecule has 0 bridgehead atoms. The van der Waals surface area contributed by atoms with Crippen LogP contribution in [0.5, 0.6) is 11.5 Å². The molecular formula is C29H39N5O4. The maximum atomic E-state index is 14.1. The zero-order chi connectivity index (χ0) is 27.1. The zero-order valence-corrected chi connectivity index (χ0v) is 22.9. The minimum Gasteiger partial charge on any atom is -0.493 e. The van der Waals surface area contributed by atoms with Crippen molar-refractivity contribution in [3.05, 3.63) is 48.0 Å². The lowest BCUT2D eigenvalue weighted by Crippen LogP contribution is -2.50. The van der Waals surface area contributed by atoms with E-state index in [-0.39, 0.29) is 24.4 Å². The van der Waals surface area contributed by atoms with Gasteiger partial charge in [-0.1, -0.05) is 56.5 Å². The summed E-state index contributed by atoms with van der Waals surface area (Å²) < 4.78 is 12.6. The van der Waals surface area contributed by atoms with Crippen LogP contribution in [0, 0.1) is 5.92 Å².